The van der Waals surface area contributed by atoms with Gasteiger partial charge >= 0.3 is 18.2 Å². The summed E-state index contributed by atoms with van der Waals surface area (Å²) in [5.41, 5.74) is 8.18. The van der Waals surface area contributed by atoms with Gasteiger partial charge in [-0.2, -0.15) is 0 Å². The van der Waals surface area contributed by atoms with Crippen LogP contribution in [0.3, 0.4) is 0 Å². The second-order valence-electron chi connectivity index (χ2n) is 35.1. The number of carbonyl (C=O) groups excluding carboxylic acids is 12. The number of esters is 1. The highest BCUT2D eigenvalue weighted by molar-refractivity contribution is 7.25. The Balaban J connectivity index is 0.000000104. The Morgan fingerprint density at radius 3 is 1.50 bits per heavy atom. The number of ether oxygens (including phenoxy) is 11. The van der Waals surface area contributed by atoms with Gasteiger partial charge in [-0.15, -0.1) is 11.3 Å². The van der Waals surface area contributed by atoms with Crippen molar-refractivity contribution < 1.29 is 125 Å². The zero-order chi connectivity index (χ0) is 103. The highest BCUT2D eigenvalue weighted by Gasteiger charge is 2.42. The third kappa shape index (κ3) is 20.4. The Kier molecular flexibility index (Phi) is 28.3. The van der Waals surface area contributed by atoms with Gasteiger partial charge in [0, 0.05) is 65.9 Å². The summed E-state index contributed by atoms with van der Waals surface area (Å²) in [5, 5.41) is 29.1. The summed E-state index contributed by atoms with van der Waals surface area (Å²) in [6, 6.07) is 101. The van der Waals surface area contributed by atoms with Crippen LogP contribution in [0.25, 0.3) is 74.3 Å². The van der Waals surface area contributed by atoms with Crippen LogP contribution in [0.5, 0.6) is 57.5 Å². The smallest absolute Gasteiger partial charge is 0.308 e. The van der Waals surface area contributed by atoms with Gasteiger partial charge in [0.05, 0.1) is 67.6 Å². The number of aromatic nitrogens is 1. The minimum atomic E-state index is -1.30. The molecule has 4 unspecified atom stereocenters. The number of hydrogen-bond donors (Lipinski definition) is 2. The third-order valence-electron chi connectivity index (χ3n) is 25.1. The van der Waals surface area contributed by atoms with Crippen molar-refractivity contribution in [3.63, 3.8) is 0 Å². The van der Waals surface area contributed by atoms with Gasteiger partial charge in [0.2, 0.25) is 69.7 Å². The number of rotatable bonds is 6. The topological polar surface area (TPSA) is 369 Å². The summed E-state index contributed by atoms with van der Waals surface area (Å²) in [4.78, 5) is 149. The van der Waals surface area contributed by atoms with E-state index in [0.717, 1.165) is 82.8 Å². The molecule has 10 aliphatic heterocycles. The third-order valence-corrected chi connectivity index (χ3v) is 26.5. The van der Waals surface area contributed by atoms with Gasteiger partial charge in [-0.05, 0) is 175 Å². The van der Waals surface area contributed by atoms with Crippen molar-refractivity contribution in [2.24, 2.45) is 0 Å². The van der Waals surface area contributed by atoms with E-state index in [1.165, 1.54) is 39.4 Å². The summed E-state index contributed by atoms with van der Waals surface area (Å²) in [6.45, 7) is 8.73. The number of benzene rings is 16. The van der Waals surface area contributed by atoms with Crippen molar-refractivity contribution >= 4 is 173 Å². The number of carboxylic acid groups (broad SMARTS) is 1. The first-order valence-corrected chi connectivity index (χ1v) is 48.1. The van der Waals surface area contributed by atoms with E-state index in [1.807, 2.05) is 182 Å². The first-order valence-electron chi connectivity index (χ1n) is 46.9. The predicted molar refractivity (Wildman–Crippen MR) is 554 cm³/mol. The molecule has 0 saturated heterocycles. The fourth-order valence-corrected chi connectivity index (χ4v) is 19.3. The number of aliphatic hydroxyl groups is 1. The normalized spacial score (nSPS) is 16.3. The second-order valence-corrected chi connectivity index (χ2v) is 36.7. The lowest BCUT2D eigenvalue weighted by Crippen LogP contribution is -2.31. The Hall–Kier alpha value is -18.1. The van der Waals surface area contributed by atoms with Crippen LogP contribution in [-0.4, -0.2) is 154 Å². The molecule has 0 spiro atoms. The molecular weight excluding hydrogens is 1930 g/mol. The predicted octanol–water partition coefficient (Wildman–Crippen LogP) is 22.3. The number of nitrogens with zero attached hydrogens (tertiary/aromatic N) is 1. The molecule has 0 bridgehead atoms. The van der Waals surface area contributed by atoms with Crippen LogP contribution in [0.4, 0.5) is 0 Å². The van der Waals surface area contributed by atoms with E-state index in [0.29, 0.717) is 95.3 Å². The maximum absolute atomic E-state index is 12.2. The molecule has 12 heterocycles. The largest absolute Gasteiger partial charge is 0.485 e. The summed E-state index contributed by atoms with van der Waals surface area (Å²) >= 11 is 7.44. The van der Waals surface area contributed by atoms with E-state index in [4.69, 9.17) is 73.9 Å². The molecule has 2 N–H and O–H groups in total. The maximum Gasteiger partial charge on any atom is 0.308 e. The van der Waals surface area contributed by atoms with Crippen LogP contribution in [0.2, 0.25) is 5.02 Å². The number of hydrogen-bond acceptors (Lipinski definition) is 26. The lowest BCUT2D eigenvalue weighted by atomic mass is 10.0. The molecule has 28 rings (SSSR count). The average molecular weight is 2010 g/mol. The van der Waals surface area contributed by atoms with Gasteiger partial charge in [-0.1, -0.05) is 212 Å². The van der Waals surface area contributed by atoms with Crippen molar-refractivity contribution in [3.8, 4) is 57.5 Å². The van der Waals surface area contributed by atoms with Crippen molar-refractivity contribution in [1.82, 2.24) is 4.57 Å². The number of carbonyl (C=O) groups is 13. The number of halogens is 1. The summed E-state index contributed by atoms with van der Waals surface area (Å²) in [6.07, 6.45) is -4.69. The minimum absolute atomic E-state index is 0.0677. The van der Waals surface area contributed by atoms with Crippen molar-refractivity contribution in [2.75, 3.05) is 33.0 Å². The molecule has 0 amide bonds. The highest BCUT2D eigenvalue weighted by atomic mass is 35.5. The minimum Gasteiger partial charge on any atom is -0.485 e. The molecule has 27 nitrogen and oxygen atoms in total. The molecule has 4 atom stereocenters. The average Bonchev–Trinajstić information content (AvgIpc) is 1.60. The number of Topliss-reactive ketones (excluding diaryl/α,β-unsaturated/α-hetero) is 11. The first kappa shape index (κ1) is 98.6. The fraction of sp³-hybridized carbons (Fsp3) is 0.134. The molecule has 0 aliphatic carbocycles. The number of thiophene rings is 1. The first-order chi connectivity index (χ1) is 71.6. The monoisotopic (exact) mass is 2010 g/mol. The molecule has 2 aromatic heterocycles. The zero-order valence-corrected chi connectivity index (χ0v) is 80.9. The SMILES string of the molecule is CC(=O)OC1Oc2ccccc2C1=O.CC1(C)Oc2ccccc2C1=O.CCn1c2ccccc2c2cc3c(cc21)C(=O)CO3.O=C(O)CC1Oc2ccc(Cl)cc2C1=O.O=C(c1ccccc1)C1Oc2ccccc2C1=O.O=C1COc2c1ccc1ccccc21.O=C1COc2cc3c(cc21)sc1ccccc13.O=C1COc2cc3ccccc3cc21.O=C1COc2ccc3ccccc3c21.O=C1c2ccccc2OC1O. The molecule has 148 heavy (non-hydrogen) atoms. The Labute approximate surface area is 852 Å². The van der Waals surface area contributed by atoms with E-state index in [1.54, 1.807) is 140 Å². The molecule has 0 saturated carbocycles. The highest BCUT2D eigenvalue weighted by Crippen LogP contribution is 2.44. The lowest BCUT2D eigenvalue weighted by molar-refractivity contribution is -0.154. The van der Waals surface area contributed by atoms with E-state index < -0.39 is 42.3 Å². The van der Waals surface area contributed by atoms with Gasteiger partial charge in [-0.25, -0.2) is 0 Å². The van der Waals surface area contributed by atoms with Crippen molar-refractivity contribution in [1.29, 1.82) is 0 Å². The van der Waals surface area contributed by atoms with Crippen molar-refractivity contribution in [2.45, 2.75) is 71.0 Å². The fourth-order valence-electron chi connectivity index (χ4n) is 18.0. The van der Waals surface area contributed by atoms with Crippen LogP contribution in [-0.2, 0) is 20.9 Å². The van der Waals surface area contributed by atoms with Crippen LogP contribution < -0.4 is 47.4 Å². The molecule has 10 aliphatic rings. The van der Waals surface area contributed by atoms with E-state index in [2.05, 4.69) is 35.8 Å². The van der Waals surface area contributed by atoms with Crippen LogP contribution in [0, 0.1) is 0 Å². The summed E-state index contributed by atoms with van der Waals surface area (Å²) < 4.78 is 62.2. The number of aliphatic carboxylic acids is 1. The molecule has 16 aromatic carbocycles. The molecule has 18 aromatic rings. The zero-order valence-electron chi connectivity index (χ0n) is 79.4. The molecule has 736 valence electrons. The molecule has 0 radical (unpaired) electrons. The number of ketones is 11. The molecule has 0 fully saturated rings. The maximum atomic E-state index is 12.2. The lowest BCUT2D eigenvalue weighted by Gasteiger charge is -2.14. The van der Waals surface area contributed by atoms with Crippen LogP contribution in [0.15, 0.2) is 328 Å². The number of aliphatic hydroxyl groups excluding tert-OH is 1. The van der Waals surface area contributed by atoms with Crippen LogP contribution in [0.1, 0.15) is 148 Å². The van der Waals surface area contributed by atoms with Gasteiger partial charge in [0.25, 0.3) is 6.29 Å². The molecular formula is C119H86ClNO26S. The van der Waals surface area contributed by atoms with E-state index >= 15 is 0 Å². The van der Waals surface area contributed by atoms with Gasteiger partial charge < -0.3 is 66.9 Å². The number of aryl methyl sites for hydroxylation is 1. The van der Waals surface area contributed by atoms with E-state index in [9.17, 15) is 62.3 Å². The van der Waals surface area contributed by atoms with Crippen LogP contribution >= 0.6 is 22.9 Å². The quantitative estimate of drug-likeness (QED) is 0.0887. The standard InChI is InChI=1S/C16H13NO2.C15H10O3.C14H8O2S.3C12H8O2.C10H7ClO4.C10H8O4.C10H10O2.C8H6O3/c1-2-17-13-6-4-3-5-10(13)11-8-16-12(7-14(11)17)15(18)9-19-16;16-13(10-6-2-1-3-7-10)15-14(17)11-8-4-5-9-12(11)18-15;15-11-7-16-12-5-9-8-3-1-2-4-13(8)17-14(9)6-10(11)12;13-11-7-14-12-6-9-4-2-1-3-8(9)5-10(11)12;13-10-7-14-11-6-5-8-3-1-2-4-9(8)12(10)11;13-11-7-14-12-9-4-2-1-3-8(9)5-6-10(11)12;11-5-1-2-7-6(3-5)10(14)8(15-7)4-9(12)13;1-6(11)13-10-9(12)7-4-2-3-5-8(7)14-10;1-10(2)9(11)7-5-3-4-6-8(7)12-10;9-7-5-3-1-2-4-6(5)11-8(7)10/h3-8H,2,9H2,1H3;1-9,15H;1-6H,7H2;3*1-6H,7H2;1-3,8H,4H2,(H,12,13);2-5,10H,1H3;3-6H,1-2H3;1-4,8,10H. The number of fused-ring (bicyclic) bond motifs is 21. The number of para-hydroxylation sites is 5. The number of carboxylic acids is 1. The summed E-state index contributed by atoms with van der Waals surface area (Å²) in [7, 11) is 0. The van der Waals surface area contributed by atoms with Gasteiger partial charge in [0.1, 0.15) is 57.5 Å². The van der Waals surface area contributed by atoms with Gasteiger partial charge in [0.15, 0.2) is 44.7 Å². The Morgan fingerprint density at radius 1 is 0.378 bits per heavy atom. The molecule has 29 heteroatoms. The van der Waals surface area contributed by atoms with Gasteiger partial charge in [-0.3, -0.25) is 62.3 Å². The summed E-state index contributed by atoms with van der Waals surface area (Å²) in [5.74, 6) is 3.44. The Morgan fingerprint density at radius 2 is 0.865 bits per heavy atom. The second kappa shape index (κ2) is 42.4. The Bertz CT molecular complexity index is 8490. The van der Waals surface area contributed by atoms with E-state index in [-0.39, 0.29) is 103 Å². The van der Waals surface area contributed by atoms with Crippen molar-refractivity contribution in [3.05, 3.63) is 394 Å².